The third kappa shape index (κ3) is 3.18. The predicted octanol–water partition coefficient (Wildman–Crippen LogP) is 3.07. The lowest BCUT2D eigenvalue weighted by Crippen LogP contribution is -2.35. The van der Waals surface area contributed by atoms with E-state index in [0.29, 0.717) is 34.3 Å². The average molecular weight is 282 g/mol. The number of anilines is 1. The first-order valence-corrected chi connectivity index (χ1v) is 7.08. The minimum absolute atomic E-state index is 0.334. The maximum atomic E-state index is 11.1. The largest absolute Gasteiger partial charge is 0.366 e. The van der Waals surface area contributed by atoms with Gasteiger partial charge in [0, 0.05) is 12.2 Å². The first-order valence-electron chi connectivity index (χ1n) is 6.71. The van der Waals surface area contributed by atoms with Gasteiger partial charge in [-0.25, -0.2) is 4.98 Å². The molecule has 3 atom stereocenters. The van der Waals surface area contributed by atoms with Crippen LogP contribution in [0.5, 0.6) is 0 Å². The molecule has 0 bridgehead atoms. The molecule has 1 fully saturated rings. The third-order valence-corrected chi connectivity index (χ3v) is 4.44. The smallest absolute Gasteiger partial charge is 0.250 e. The molecule has 1 aromatic rings. The molecule has 0 saturated heterocycles. The molecule has 2 rings (SSSR count). The summed E-state index contributed by atoms with van der Waals surface area (Å²) in [4.78, 5) is 15.3. The van der Waals surface area contributed by atoms with Gasteiger partial charge in [0.15, 0.2) is 0 Å². The van der Waals surface area contributed by atoms with Gasteiger partial charge in [-0.3, -0.25) is 4.79 Å². The zero-order chi connectivity index (χ0) is 14.0. The van der Waals surface area contributed by atoms with Crippen molar-refractivity contribution in [2.45, 2.75) is 39.2 Å². The highest BCUT2D eigenvalue weighted by atomic mass is 35.5. The minimum atomic E-state index is -0.513. The Morgan fingerprint density at radius 2 is 2.21 bits per heavy atom. The van der Waals surface area contributed by atoms with Crippen LogP contribution in [0, 0.1) is 11.8 Å². The van der Waals surface area contributed by atoms with E-state index in [1.807, 2.05) is 0 Å². The Kier molecular flexibility index (Phi) is 4.30. The van der Waals surface area contributed by atoms with Crippen molar-refractivity contribution in [1.82, 2.24) is 4.98 Å². The molecule has 0 radical (unpaired) electrons. The van der Waals surface area contributed by atoms with Gasteiger partial charge in [0.1, 0.15) is 5.82 Å². The van der Waals surface area contributed by atoms with E-state index in [9.17, 15) is 4.79 Å². The molecule has 5 heteroatoms. The number of pyridine rings is 1. The number of nitrogens with two attached hydrogens (primary N) is 1. The Bertz CT molecular complexity index is 478. The Hall–Kier alpha value is -1.29. The topological polar surface area (TPSA) is 68.0 Å². The summed E-state index contributed by atoms with van der Waals surface area (Å²) >= 11 is 6.14. The molecule has 1 amide bonds. The molecule has 3 unspecified atom stereocenters. The van der Waals surface area contributed by atoms with Gasteiger partial charge in [0.2, 0.25) is 5.91 Å². The zero-order valence-electron chi connectivity index (χ0n) is 11.3. The number of carbonyl (C=O) groups is 1. The van der Waals surface area contributed by atoms with E-state index >= 15 is 0 Å². The highest BCUT2D eigenvalue weighted by Crippen LogP contribution is 2.32. The van der Waals surface area contributed by atoms with E-state index in [-0.39, 0.29) is 0 Å². The second kappa shape index (κ2) is 5.78. The second-order valence-electron chi connectivity index (χ2n) is 5.44. The van der Waals surface area contributed by atoms with E-state index in [1.54, 1.807) is 6.07 Å². The molecule has 1 saturated carbocycles. The molecule has 1 heterocycles. The molecule has 3 N–H and O–H groups in total. The number of primary amides is 1. The fraction of sp³-hybridized carbons (Fsp3) is 0.571. The molecule has 0 spiro atoms. The normalized spacial score (nSPS) is 27.0. The number of hydrogen-bond donors (Lipinski definition) is 2. The minimum Gasteiger partial charge on any atom is -0.366 e. The fourth-order valence-corrected chi connectivity index (χ4v) is 2.86. The summed E-state index contributed by atoms with van der Waals surface area (Å²) in [6.45, 7) is 4.54. The maximum absolute atomic E-state index is 11.1. The van der Waals surface area contributed by atoms with Gasteiger partial charge < -0.3 is 11.1 Å². The van der Waals surface area contributed by atoms with Crippen LogP contribution in [0.2, 0.25) is 5.02 Å². The van der Waals surface area contributed by atoms with E-state index in [4.69, 9.17) is 17.3 Å². The van der Waals surface area contributed by atoms with Gasteiger partial charge in [0.05, 0.1) is 10.6 Å². The van der Waals surface area contributed by atoms with Crippen LogP contribution in [-0.4, -0.2) is 16.9 Å². The summed E-state index contributed by atoms with van der Waals surface area (Å²) in [6, 6.07) is 1.95. The van der Waals surface area contributed by atoms with Gasteiger partial charge in [-0.1, -0.05) is 38.3 Å². The molecule has 1 aliphatic rings. The summed E-state index contributed by atoms with van der Waals surface area (Å²) in [5.41, 5.74) is 5.53. The van der Waals surface area contributed by atoms with Crippen molar-refractivity contribution in [3.8, 4) is 0 Å². The summed E-state index contributed by atoms with van der Waals surface area (Å²) in [5.74, 6) is 1.41. The fourth-order valence-electron chi connectivity index (χ4n) is 2.64. The van der Waals surface area contributed by atoms with E-state index < -0.39 is 5.91 Å². The van der Waals surface area contributed by atoms with E-state index in [1.165, 1.54) is 19.0 Å². The summed E-state index contributed by atoms with van der Waals surface area (Å²) < 4.78 is 0. The number of hydrogen-bond acceptors (Lipinski definition) is 3. The average Bonchev–Trinajstić information content (AvgIpc) is 2.37. The SMILES string of the molecule is CC1CCCC(Nc2ncc(C(N)=O)cc2Cl)C1C. The Morgan fingerprint density at radius 3 is 2.84 bits per heavy atom. The molecule has 1 aromatic heterocycles. The first-order chi connectivity index (χ1) is 8.99. The summed E-state index contributed by atoms with van der Waals surface area (Å²) in [7, 11) is 0. The molecular formula is C14H20ClN3O. The predicted molar refractivity (Wildman–Crippen MR) is 77.4 cm³/mol. The maximum Gasteiger partial charge on any atom is 0.250 e. The highest BCUT2D eigenvalue weighted by Gasteiger charge is 2.27. The van der Waals surface area contributed by atoms with Crippen LogP contribution in [0.3, 0.4) is 0 Å². The molecule has 104 valence electrons. The van der Waals surface area contributed by atoms with Crippen molar-refractivity contribution in [1.29, 1.82) is 0 Å². The Balaban J connectivity index is 2.12. The molecule has 1 aliphatic carbocycles. The lowest BCUT2D eigenvalue weighted by Gasteiger charge is -2.35. The van der Waals surface area contributed by atoms with Gasteiger partial charge in [0.25, 0.3) is 0 Å². The summed E-state index contributed by atoms with van der Waals surface area (Å²) in [5, 5.41) is 3.85. The Morgan fingerprint density at radius 1 is 1.47 bits per heavy atom. The van der Waals surface area contributed by atoms with Crippen molar-refractivity contribution in [3.63, 3.8) is 0 Å². The summed E-state index contributed by atoms with van der Waals surface area (Å²) in [6.07, 6.45) is 5.09. The van der Waals surface area contributed by atoms with E-state index in [2.05, 4.69) is 24.1 Å². The molecule has 4 nitrogen and oxygen atoms in total. The number of aromatic nitrogens is 1. The lowest BCUT2D eigenvalue weighted by atomic mass is 9.78. The van der Waals surface area contributed by atoms with E-state index in [0.717, 1.165) is 6.42 Å². The van der Waals surface area contributed by atoms with Crippen LogP contribution in [0.15, 0.2) is 12.3 Å². The number of nitrogens with zero attached hydrogens (tertiary/aromatic N) is 1. The Labute approximate surface area is 118 Å². The van der Waals surface area contributed by atoms with Crippen molar-refractivity contribution in [2.24, 2.45) is 17.6 Å². The van der Waals surface area contributed by atoms with Crippen molar-refractivity contribution in [2.75, 3.05) is 5.32 Å². The quantitative estimate of drug-likeness (QED) is 0.895. The van der Waals surface area contributed by atoms with Crippen molar-refractivity contribution < 1.29 is 4.79 Å². The number of halogens is 1. The van der Waals surface area contributed by atoms with Crippen LogP contribution in [0.1, 0.15) is 43.5 Å². The lowest BCUT2D eigenvalue weighted by molar-refractivity contribution is 0.1000. The van der Waals surface area contributed by atoms with Crippen LogP contribution in [-0.2, 0) is 0 Å². The van der Waals surface area contributed by atoms with Crippen LogP contribution in [0.4, 0.5) is 5.82 Å². The number of rotatable bonds is 3. The van der Waals surface area contributed by atoms with Crippen molar-refractivity contribution >= 4 is 23.3 Å². The van der Waals surface area contributed by atoms with Gasteiger partial charge in [-0.15, -0.1) is 0 Å². The van der Waals surface area contributed by atoms with Gasteiger partial charge in [-0.2, -0.15) is 0 Å². The van der Waals surface area contributed by atoms with Crippen LogP contribution >= 0.6 is 11.6 Å². The molecule has 0 aromatic carbocycles. The standard InChI is InChI=1S/C14H20ClN3O/c1-8-4-3-5-12(9(8)2)18-14-11(15)6-10(7-17-14)13(16)19/h6-9,12H,3-5H2,1-2H3,(H2,16,19)(H,17,18). The van der Waals surface area contributed by atoms with Crippen LogP contribution in [0.25, 0.3) is 0 Å². The zero-order valence-corrected chi connectivity index (χ0v) is 12.1. The number of nitrogens with one attached hydrogen (secondary N) is 1. The van der Waals surface area contributed by atoms with Gasteiger partial charge in [-0.05, 0) is 24.3 Å². The first kappa shape index (κ1) is 14.1. The monoisotopic (exact) mass is 281 g/mol. The third-order valence-electron chi connectivity index (χ3n) is 4.15. The molecule has 0 aliphatic heterocycles. The van der Waals surface area contributed by atoms with Gasteiger partial charge >= 0.3 is 0 Å². The molecule has 19 heavy (non-hydrogen) atoms. The number of amides is 1. The number of carbonyl (C=O) groups excluding carboxylic acids is 1. The van der Waals surface area contributed by atoms with Crippen LogP contribution < -0.4 is 11.1 Å². The second-order valence-corrected chi connectivity index (χ2v) is 5.84. The molecular weight excluding hydrogens is 262 g/mol. The van der Waals surface area contributed by atoms with Crippen molar-refractivity contribution in [3.05, 3.63) is 22.8 Å². The highest BCUT2D eigenvalue weighted by molar-refractivity contribution is 6.33.